The van der Waals surface area contributed by atoms with Gasteiger partial charge in [0.25, 0.3) is 0 Å². The van der Waals surface area contributed by atoms with Crippen molar-refractivity contribution >= 4 is 28.9 Å². The van der Waals surface area contributed by atoms with Crippen molar-refractivity contribution in [1.82, 2.24) is 19.7 Å². The van der Waals surface area contributed by atoms with E-state index in [0.717, 1.165) is 25.7 Å². The molecule has 164 valence electrons. The van der Waals surface area contributed by atoms with Gasteiger partial charge in [-0.1, -0.05) is 6.07 Å². The predicted octanol–water partition coefficient (Wildman–Crippen LogP) is 3.57. The zero-order valence-corrected chi connectivity index (χ0v) is 17.5. The molecule has 2 aliphatic rings. The summed E-state index contributed by atoms with van der Waals surface area (Å²) in [6, 6.07) is 6.59. The number of aryl methyl sites for hydroxylation is 1. The van der Waals surface area contributed by atoms with Gasteiger partial charge in [-0.3, -0.25) is 14.3 Å². The van der Waals surface area contributed by atoms with Gasteiger partial charge in [0, 0.05) is 31.1 Å². The average molecular weight is 436 g/mol. The summed E-state index contributed by atoms with van der Waals surface area (Å²) in [5.74, 6) is 0.368. The third-order valence-corrected chi connectivity index (χ3v) is 5.54. The van der Waals surface area contributed by atoms with Crippen LogP contribution in [0.4, 0.5) is 17.2 Å². The van der Waals surface area contributed by atoms with Gasteiger partial charge in [-0.15, -0.1) is 0 Å². The zero-order chi connectivity index (χ0) is 24.7. The molecule has 0 saturated heterocycles. The molecule has 0 atom stereocenters. The Morgan fingerprint density at radius 3 is 2.66 bits per heavy atom. The Morgan fingerprint density at radius 1 is 1.16 bits per heavy atom. The minimum absolute atomic E-state index is 0.0113. The fourth-order valence-corrected chi connectivity index (χ4v) is 3.49. The van der Waals surface area contributed by atoms with Gasteiger partial charge < -0.3 is 15.4 Å². The number of anilines is 3. The molecule has 2 aliphatic carbocycles. The summed E-state index contributed by atoms with van der Waals surface area (Å²) in [7, 11) is -1.04. The SMILES string of the molecule is [2H]C([2H])([2H])Oc1c(Nc2cc(NC(=O)C3CC3)ncc2C(=O)C2CC2)cccc1-c1ncn(C)n1. The van der Waals surface area contributed by atoms with Crippen LogP contribution in [-0.2, 0) is 11.8 Å². The number of amides is 1. The molecule has 9 heteroatoms. The summed E-state index contributed by atoms with van der Waals surface area (Å²) in [5, 5.41) is 10.2. The van der Waals surface area contributed by atoms with E-state index in [-0.39, 0.29) is 35.1 Å². The number of rotatable bonds is 8. The van der Waals surface area contributed by atoms with Crippen molar-refractivity contribution in [2.24, 2.45) is 18.9 Å². The maximum atomic E-state index is 13.0. The molecule has 0 bridgehead atoms. The summed E-state index contributed by atoms with van der Waals surface area (Å²) in [4.78, 5) is 33.7. The molecule has 2 aromatic heterocycles. The molecule has 2 N–H and O–H groups in total. The number of nitrogens with zero attached hydrogens (tertiary/aromatic N) is 4. The van der Waals surface area contributed by atoms with Crippen LogP contribution in [-0.4, -0.2) is 38.5 Å². The number of ketones is 1. The molecule has 32 heavy (non-hydrogen) atoms. The van der Waals surface area contributed by atoms with Gasteiger partial charge in [-0.2, -0.15) is 5.10 Å². The Labute approximate surface area is 189 Å². The largest absolute Gasteiger partial charge is 0.494 e. The molecule has 0 unspecified atom stereocenters. The lowest BCUT2D eigenvalue weighted by molar-refractivity contribution is -0.117. The number of nitrogens with one attached hydrogen (secondary N) is 2. The lowest BCUT2D eigenvalue weighted by Crippen LogP contribution is -2.15. The summed E-state index contributed by atoms with van der Waals surface area (Å²) in [6.45, 7) is 0. The standard InChI is InChI=1S/C23H24N6O3/c1-29-12-25-22(28-29)15-4-3-5-17(21(15)32-2)26-18-10-19(27-23(31)14-8-9-14)24-11-16(18)20(30)13-6-7-13/h3-5,10-14H,6-9H2,1-2H3,(H2,24,26,27,31)/i2D3. The number of aromatic nitrogens is 4. The molecular formula is C23H24N6O3. The first-order valence-corrected chi connectivity index (χ1v) is 10.5. The van der Waals surface area contributed by atoms with E-state index >= 15 is 0 Å². The van der Waals surface area contributed by atoms with Crippen molar-refractivity contribution in [2.45, 2.75) is 25.7 Å². The molecule has 9 nitrogen and oxygen atoms in total. The third-order valence-electron chi connectivity index (χ3n) is 5.54. The van der Waals surface area contributed by atoms with Crippen LogP contribution in [0.1, 0.15) is 40.2 Å². The van der Waals surface area contributed by atoms with Gasteiger partial charge >= 0.3 is 0 Å². The normalized spacial score (nSPS) is 17.1. The minimum atomic E-state index is -2.74. The lowest BCUT2D eigenvalue weighted by atomic mass is 10.1. The topological polar surface area (TPSA) is 111 Å². The Morgan fingerprint density at radius 2 is 1.97 bits per heavy atom. The minimum Gasteiger partial charge on any atom is -0.494 e. The quantitative estimate of drug-likeness (QED) is 0.520. The van der Waals surface area contributed by atoms with Gasteiger partial charge in [0.2, 0.25) is 5.91 Å². The highest BCUT2D eigenvalue weighted by molar-refractivity contribution is 6.05. The van der Waals surface area contributed by atoms with Crippen LogP contribution in [0.3, 0.4) is 0 Å². The number of pyridine rings is 1. The van der Waals surface area contributed by atoms with Crippen molar-refractivity contribution in [3.8, 4) is 17.1 Å². The Hall–Kier alpha value is -3.75. The number of hydrogen-bond acceptors (Lipinski definition) is 7. The van der Waals surface area contributed by atoms with Crippen LogP contribution in [0.25, 0.3) is 11.4 Å². The fraction of sp³-hybridized carbons (Fsp3) is 0.348. The first kappa shape index (κ1) is 16.9. The first-order chi connectivity index (χ1) is 16.7. The second-order valence-corrected chi connectivity index (χ2v) is 8.17. The van der Waals surface area contributed by atoms with Gasteiger partial charge in [0.1, 0.15) is 12.1 Å². The van der Waals surface area contributed by atoms with E-state index in [1.165, 1.54) is 17.2 Å². The van der Waals surface area contributed by atoms with E-state index in [9.17, 15) is 9.59 Å². The van der Waals surface area contributed by atoms with E-state index in [1.54, 1.807) is 31.3 Å². The van der Waals surface area contributed by atoms with E-state index < -0.39 is 7.04 Å². The number of benzene rings is 1. The highest BCUT2D eigenvalue weighted by atomic mass is 16.5. The maximum Gasteiger partial charge on any atom is 0.228 e. The van der Waals surface area contributed by atoms with Crippen LogP contribution in [0.5, 0.6) is 5.75 Å². The van der Waals surface area contributed by atoms with Gasteiger partial charge in [0.05, 0.1) is 33.7 Å². The number of ether oxygens (including phenoxy) is 1. The van der Waals surface area contributed by atoms with Crippen molar-refractivity contribution in [3.63, 3.8) is 0 Å². The number of methoxy groups -OCH3 is 1. The van der Waals surface area contributed by atoms with E-state index in [4.69, 9.17) is 8.85 Å². The molecule has 2 heterocycles. The highest BCUT2D eigenvalue weighted by Crippen LogP contribution is 2.39. The maximum absolute atomic E-state index is 13.0. The molecule has 1 amide bonds. The number of Topliss-reactive ketones (excluding diaryl/α,β-unsaturated/α-hetero) is 1. The number of para-hydroxylation sites is 1. The summed E-state index contributed by atoms with van der Waals surface area (Å²) in [6.07, 6.45) is 6.26. The van der Waals surface area contributed by atoms with Crippen LogP contribution < -0.4 is 15.4 Å². The molecule has 5 rings (SSSR count). The van der Waals surface area contributed by atoms with Crippen molar-refractivity contribution in [2.75, 3.05) is 17.7 Å². The third kappa shape index (κ3) is 4.05. The monoisotopic (exact) mass is 435 g/mol. The Balaban J connectivity index is 1.55. The summed E-state index contributed by atoms with van der Waals surface area (Å²) >= 11 is 0. The smallest absolute Gasteiger partial charge is 0.228 e. The van der Waals surface area contributed by atoms with Gasteiger partial charge in [-0.05, 0) is 37.8 Å². The summed E-state index contributed by atoms with van der Waals surface area (Å²) in [5.41, 5.74) is 1.43. The number of carbonyl (C=O) groups excluding carboxylic acids is 2. The molecule has 0 spiro atoms. The summed E-state index contributed by atoms with van der Waals surface area (Å²) < 4.78 is 29.9. The fourth-order valence-electron chi connectivity index (χ4n) is 3.49. The molecule has 3 aromatic rings. The first-order valence-electron chi connectivity index (χ1n) is 12.0. The van der Waals surface area contributed by atoms with Crippen molar-refractivity contribution < 1.29 is 18.4 Å². The van der Waals surface area contributed by atoms with Crippen LogP contribution in [0.2, 0.25) is 0 Å². The average Bonchev–Trinajstić information content (AvgIpc) is 3.71. The second-order valence-electron chi connectivity index (χ2n) is 8.17. The molecule has 1 aromatic carbocycles. The van der Waals surface area contributed by atoms with Crippen LogP contribution in [0.15, 0.2) is 36.8 Å². The van der Waals surface area contributed by atoms with Crippen molar-refractivity contribution in [1.29, 1.82) is 0 Å². The second kappa shape index (κ2) is 8.07. The Kier molecular flexibility index (Phi) is 4.26. The van der Waals surface area contributed by atoms with Crippen LogP contribution >= 0.6 is 0 Å². The van der Waals surface area contributed by atoms with Gasteiger partial charge in [-0.25, -0.2) is 9.97 Å². The molecule has 2 saturated carbocycles. The van der Waals surface area contributed by atoms with E-state index in [0.29, 0.717) is 28.3 Å². The van der Waals surface area contributed by atoms with E-state index in [1.807, 2.05) is 0 Å². The Bertz CT molecular complexity index is 1300. The number of hydrogen-bond donors (Lipinski definition) is 2. The van der Waals surface area contributed by atoms with Gasteiger partial charge in [0.15, 0.2) is 17.4 Å². The van der Waals surface area contributed by atoms with Crippen LogP contribution in [0, 0.1) is 11.8 Å². The van der Waals surface area contributed by atoms with E-state index in [2.05, 4.69) is 25.7 Å². The molecule has 0 aliphatic heterocycles. The number of carbonyl (C=O) groups is 2. The zero-order valence-electron chi connectivity index (χ0n) is 20.5. The molecular weight excluding hydrogens is 408 g/mol. The lowest BCUT2D eigenvalue weighted by Gasteiger charge is -2.17. The van der Waals surface area contributed by atoms with Crippen molar-refractivity contribution in [3.05, 3.63) is 42.4 Å². The highest BCUT2D eigenvalue weighted by Gasteiger charge is 2.33. The molecule has 2 fully saturated rings. The molecule has 0 radical (unpaired) electrons. The predicted molar refractivity (Wildman–Crippen MR) is 119 cm³/mol.